The lowest BCUT2D eigenvalue weighted by Gasteiger charge is -2.21. The van der Waals surface area contributed by atoms with Gasteiger partial charge in [0.1, 0.15) is 6.04 Å². The second kappa shape index (κ2) is 6.19. The monoisotopic (exact) mass is 299 g/mol. The Morgan fingerprint density at radius 2 is 2.40 bits per heavy atom. The van der Waals surface area contributed by atoms with Gasteiger partial charge in [-0.25, -0.2) is 14.6 Å². The summed E-state index contributed by atoms with van der Waals surface area (Å²) in [6, 6.07) is -1.24. The van der Waals surface area contributed by atoms with Gasteiger partial charge in [0.2, 0.25) is 0 Å². The number of carbonyl (C=O) groups excluding carboxylic acids is 1. The van der Waals surface area contributed by atoms with Crippen LogP contribution in [0.25, 0.3) is 0 Å². The molecule has 0 aliphatic carbocycles. The van der Waals surface area contributed by atoms with Crippen LogP contribution >= 0.6 is 11.3 Å². The molecule has 1 aliphatic rings. The molecule has 0 saturated carbocycles. The second-order valence-corrected chi connectivity index (χ2v) is 5.68. The Bertz CT molecular complexity index is 505. The lowest BCUT2D eigenvalue weighted by molar-refractivity contribution is -0.141. The largest absolute Gasteiger partial charge is 0.480 e. The number of thiazole rings is 1. The van der Waals surface area contributed by atoms with E-state index < -0.39 is 18.0 Å². The van der Waals surface area contributed by atoms with Crippen LogP contribution in [0.5, 0.6) is 0 Å². The smallest absolute Gasteiger partial charge is 0.326 e. The minimum atomic E-state index is -1.01. The van der Waals surface area contributed by atoms with Gasteiger partial charge in [-0.15, -0.1) is 11.3 Å². The second-order valence-electron chi connectivity index (χ2n) is 4.62. The third kappa shape index (κ3) is 3.26. The summed E-state index contributed by atoms with van der Waals surface area (Å²) in [4.78, 5) is 28.8. The van der Waals surface area contributed by atoms with Crippen molar-refractivity contribution >= 4 is 23.3 Å². The maximum atomic E-state index is 12.1. The summed E-state index contributed by atoms with van der Waals surface area (Å²) in [6.07, 6.45) is 0.0816. The van der Waals surface area contributed by atoms with Gasteiger partial charge in [0.15, 0.2) is 0 Å². The topological polar surface area (TPSA) is 91.8 Å². The molecule has 1 aromatic heterocycles. The molecule has 20 heavy (non-hydrogen) atoms. The van der Waals surface area contributed by atoms with Crippen LogP contribution in [-0.4, -0.2) is 52.8 Å². The summed E-state index contributed by atoms with van der Waals surface area (Å²) in [6.45, 7) is 2.47. The van der Waals surface area contributed by atoms with E-state index in [2.05, 4.69) is 10.3 Å². The first-order chi connectivity index (χ1) is 9.51. The standard InChI is InChI=1S/C12H17N3O4S/c1-7-14-8(6-20-7)4-13-12(18)15-5-9(19-2)3-10(15)11(16)17/h6,9-10H,3-5H2,1-2H3,(H,13,18)(H,16,17). The first-order valence-electron chi connectivity index (χ1n) is 6.22. The number of nitrogens with zero attached hydrogens (tertiary/aromatic N) is 2. The molecule has 2 atom stereocenters. The maximum Gasteiger partial charge on any atom is 0.326 e. The van der Waals surface area contributed by atoms with Gasteiger partial charge in [-0.2, -0.15) is 0 Å². The highest BCUT2D eigenvalue weighted by atomic mass is 32.1. The van der Waals surface area contributed by atoms with E-state index in [1.54, 1.807) is 0 Å². The normalized spacial score (nSPS) is 22.0. The first-order valence-corrected chi connectivity index (χ1v) is 7.10. The van der Waals surface area contributed by atoms with Gasteiger partial charge < -0.3 is 20.1 Å². The SMILES string of the molecule is COC1CC(C(=O)O)N(C(=O)NCc2csc(C)n2)C1. The molecule has 2 unspecified atom stereocenters. The molecule has 2 heterocycles. The Balaban J connectivity index is 1.95. The molecule has 0 spiro atoms. The molecular formula is C12H17N3O4S. The molecule has 1 saturated heterocycles. The van der Waals surface area contributed by atoms with E-state index in [4.69, 9.17) is 9.84 Å². The molecular weight excluding hydrogens is 282 g/mol. The number of nitrogens with one attached hydrogen (secondary N) is 1. The molecule has 7 nitrogen and oxygen atoms in total. The van der Waals surface area contributed by atoms with Crippen LogP contribution in [0.15, 0.2) is 5.38 Å². The van der Waals surface area contributed by atoms with Gasteiger partial charge in [-0.05, 0) is 6.92 Å². The fourth-order valence-corrected chi connectivity index (χ4v) is 2.80. The molecule has 2 N–H and O–H groups in total. The Morgan fingerprint density at radius 3 is 2.95 bits per heavy atom. The fraction of sp³-hybridized carbons (Fsp3) is 0.583. The third-order valence-electron chi connectivity index (χ3n) is 3.23. The number of carboxylic acids is 1. The molecule has 0 radical (unpaired) electrons. The Labute approximate surface area is 120 Å². The molecule has 1 aliphatic heterocycles. The summed E-state index contributed by atoms with van der Waals surface area (Å²) in [5.41, 5.74) is 0.773. The van der Waals surface area contributed by atoms with E-state index in [0.29, 0.717) is 13.0 Å². The number of methoxy groups -OCH3 is 1. The highest BCUT2D eigenvalue weighted by Gasteiger charge is 2.39. The van der Waals surface area contributed by atoms with Crippen molar-refractivity contribution in [2.75, 3.05) is 13.7 Å². The van der Waals surface area contributed by atoms with Crippen LogP contribution in [0, 0.1) is 6.92 Å². The van der Waals surface area contributed by atoms with Crippen molar-refractivity contribution in [2.45, 2.75) is 32.0 Å². The number of aromatic nitrogens is 1. The van der Waals surface area contributed by atoms with Gasteiger partial charge in [0.05, 0.1) is 23.4 Å². The molecule has 2 amide bonds. The van der Waals surface area contributed by atoms with E-state index in [1.807, 2.05) is 12.3 Å². The number of amides is 2. The van der Waals surface area contributed by atoms with E-state index >= 15 is 0 Å². The van der Waals surface area contributed by atoms with Crippen molar-refractivity contribution < 1.29 is 19.4 Å². The zero-order valence-corrected chi connectivity index (χ0v) is 12.1. The van der Waals surface area contributed by atoms with Crippen LogP contribution in [0.4, 0.5) is 4.79 Å². The van der Waals surface area contributed by atoms with Crippen molar-refractivity contribution in [3.63, 3.8) is 0 Å². The maximum absolute atomic E-state index is 12.1. The van der Waals surface area contributed by atoms with E-state index in [0.717, 1.165) is 10.7 Å². The third-order valence-corrected chi connectivity index (χ3v) is 4.05. The summed E-state index contributed by atoms with van der Waals surface area (Å²) >= 11 is 1.51. The number of aliphatic carboxylic acids is 1. The summed E-state index contributed by atoms with van der Waals surface area (Å²) < 4.78 is 5.14. The van der Waals surface area contributed by atoms with Crippen molar-refractivity contribution in [1.82, 2.24) is 15.2 Å². The van der Waals surface area contributed by atoms with Crippen LogP contribution in [0.1, 0.15) is 17.1 Å². The highest BCUT2D eigenvalue weighted by Crippen LogP contribution is 2.20. The average Bonchev–Trinajstić information content (AvgIpc) is 3.02. The van der Waals surface area contributed by atoms with E-state index in [-0.39, 0.29) is 12.6 Å². The number of ether oxygens (including phenoxy) is 1. The molecule has 110 valence electrons. The van der Waals surface area contributed by atoms with Gasteiger partial charge >= 0.3 is 12.0 Å². The Morgan fingerprint density at radius 1 is 1.65 bits per heavy atom. The molecule has 1 fully saturated rings. The minimum absolute atomic E-state index is 0.233. The van der Waals surface area contributed by atoms with Gasteiger partial charge in [-0.3, -0.25) is 0 Å². The van der Waals surface area contributed by atoms with Gasteiger partial charge in [-0.1, -0.05) is 0 Å². The number of hydrogen-bond donors (Lipinski definition) is 2. The quantitative estimate of drug-likeness (QED) is 0.859. The highest BCUT2D eigenvalue weighted by molar-refractivity contribution is 7.09. The number of carboxylic acid groups (broad SMARTS) is 1. The average molecular weight is 299 g/mol. The van der Waals surface area contributed by atoms with Crippen molar-refractivity contribution in [1.29, 1.82) is 0 Å². The van der Waals surface area contributed by atoms with Crippen LogP contribution in [0.2, 0.25) is 0 Å². The lowest BCUT2D eigenvalue weighted by Crippen LogP contribution is -2.46. The predicted octanol–water partition coefficient (Wildman–Crippen LogP) is 0.835. The number of rotatable bonds is 4. The van der Waals surface area contributed by atoms with E-state index in [1.165, 1.54) is 23.3 Å². The Kier molecular flexibility index (Phi) is 4.56. The lowest BCUT2D eigenvalue weighted by atomic mass is 10.2. The summed E-state index contributed by atoms with van der Waals surface area (Å²) in [5, 5.41) is 14.6. The number of carbonyl (C=O) groups is 2. The number of hydrogen-bond acceptors (Lipinski definition) is 5. The molecule has 0 bridgehead atoms. The molecule has 0 aromatic carbocycles. The first kappa shape index (κ1) is 14.7. The fourth-order valence-electron chi connectivity index (χ4n) is 2.18. The van der Waals surface area contributed by atoms with Crippen LogP contribution in [0.3, 0.4) is 0 Å². The summed E-state index contributed by atoms with van der Waals surface area (Å²) in [5.74, 6) is -1.01. The number of urea groups is 1. The van der Waals surface area contributed by atoms with Crippen LogP contribution < -0.4 is 5.32 Å². The molecule has 2 rings (SSSR count). The number of likely N-dealkylation sites (tertiary alicyclic amines) is 1. The van der Waals surface area contributed by atoms with Gasteiger partial charge in [0, 0.05) is 25.5 Å². The Hall–Kier alpha value is -1.67. The molecule has 8 heteroatoms. The van der Waals surface area contributed by atoms with Crippen LogP contribution in [-0.2, 0) is 16.1 Å². The molecule has 1 aromatic rings. The van der Waals surface area contributed by atoms with Gasteiger partial charge in [0.25, 0.3) is 0 Å². The minimum Gasteiger partial charge on any atom is -0.480 e. The van der Waals surface area contributed by atoms with Crippen molar-refractivity contribution in [3.05, 3.63) is 16.1 Å². The zero-order valence-electron chi connectivity index (χ0n) is 11.3. The number of aryl methyl sites for hydroxylation is 1. The van der Waals surface area contributed by atoms with Crippen molar-refractivity contribution in [3.8, 4) is 0 Å². The summed E-state index contributed by atoms with van der Waals surface area (Å²) in [7, 11) is 1.52. The van der Waals surface area contributed by atoms with Crippen molar-refractivity contribution in [2.24, 2.45) is 0 Å². The van der Waals surface area contributed by atoms with E-state index in [9.17, 15) is 9.59 Å². The predicted molar refractivity (Wildman–Crippen MR) is 72.6 cm³/mol. The zero-order chi connectivity index (χ0) is 14.7.